The molecule has 12 saturated heterocycles. The molecule has 13 aliphatic rings. The zero-order valence-electron chi connectivity index (χ0n) is 83.9. The smallest absolute Gasteiger partial charge is 0.225 e. The molecule has 22 rings (SSSR count). The average Bonchev–Trinajstić information content (AvgIpc) is 1.43. The molecule has 9 aromatic rings. The SMILES string of the molecule is O=C1CC(=O)/C(=C/c2ccnc(C[C@H]3CCCN(CC4CCCNC4)C3)n2)S1.O=C1CC(=O)/C(=C/c2ccnc(N3CCC(CNCC4=Nc5ccccc5C4)CC3)n2)S1.O=C1CC(=O)/C(=C/c2ccnc(N3CCC(CNc4ccc(N5CCOCC5)cc4)CC3)n2)S1.O=C1CC(=O)/C(=C/c2ccnc(N3CCC(CNc4ccccn4)CC3)n2)S1.O=C1CC(=O)/C(=C/c2ccnc(N3CCC(CNc4cccnc4)CC3)n2)S1. The highest BCUT2D eigenvalue weighted by Gasteiger charge is 2.35. The van der Waals surface area contributed by atoms with E-state index in [4.69, 9.17) is 9.73 Å². The molecule has 7 aromatic heterocycles. The fraction of sp³-hybridized carbons (Fsp3) is 0.427. The van der Waals surface area contributed by atoms with Gasteiger partial charge in [0.2, 0.25) is 49.4 Å². The highest BCUT2D eigenvalue weighted by Crippen LogP contribution is 2.38. The first-order valence-electron chi connectivity index (χ1n) is 51.9. The maximum absolute atomic E-state index is 11.9. The lowest BCUT2D eigenvalue weighted by atomic mass is 9.92. The molecule has 2 aromatic carbocycles. The molecule has 0 saturated carbocycles. The highest BCUT2D eigenvalue weighted by atomic mass is 32.2. The van der Waals surface area contributed by atoms with Gasteiger partial charge in [0.25, 0.3) is 0 Å². The van der Waals surface area contributed by atoms with Crippen molar-refractivity contribution in [3.8, 4) is 0 Å². The van der Waals surface area contributed by atoms with Crippen molar-refractivity contribution in [2.45, 2.75) is 122 Å². The van der Waals surface area contributed by atoms with Crippen molar-refractivity contribution in [3.63, 3.8) is 0 Å². The molecular formula is C110H124N24O11S5. The normalized spacial score (nSPS) is 21.6. The van der Waals surface area contributed by atoms with Crippen molar-refractivity contribution in [2.24, 2.45) is 40.5 Å². The Labute approximate surface area is 893 Å². The van der Waals surface area contributed by atoms with Gasteiger partial charge in [-0.1, -0.05) is 24.3 Å². The Morgan fingerprint density at radius 3 is 1.23 bits per heavy atom. The van der Waals surface area contributed by atoms with Crippen LogP contribution in [0.2, 0.25) is 0 Å². The summed E-state index contributed by atoms with van der Waals surface area (Å²) in [6.45, 7) is 21.1. The minimum absolute atomic E-state index is 0.00284. The number of aliphatic imine (C=N–C) groups is 1. The summed E-state index contributed by atoms with van der Waals surface area (Å²) in [5, 5.41) is 17.1. The van der Waals surface area contributed by atoms with Gasteiger partial charge in [-0.05, 0) is 318 Å². The Morgan fingerprint density at radius 2 is 0.800 bits per heavy atom. The molecule has 13 aliphatic heterocycles. The van der Waals surface area contributed by atoms with Crippen LogP contribution in [-0.2, 0) is 65.5 Å². The van der Waals surface area contributed by atoms with Crippen molar-refractivity contribution in [2.75, 3.05) is 185 Å². The summed E-state index contributed by atoms with van der Waals surface area (Å²) in [6.07, 6.45) is 37.9. The number of thioether (sulfide) groups is 5. The van der Waals surface area contributed by atoms with Gasteiger partial charge >= 0.3 is 0 Å². The van der Waals surface area contributed by atoms with Gasteiger partial charge in [-0.2, -0.15) is 0 Å². The second kappa shape index (κ2) is 53.8. The molecule has 0 radical (unpaired) electrons. The molecule has 0 amide bonds. The predicted molar refractivity (Wildman–Crippen MR) is 593 cm³/mol. The van der Waals surface area contributed by atoms with Crippen LogP contribution in [0, 0.1) is 35.5 Å². The summed E-state index contributed by atoms with van der Waals surface area (Å²) >= 11 is 5.04. The van der Waals surface area contributed by atoms with E-state index >= 15 is 0 Å². The number of carbonyl (C=O) groups is 10. The number of anilines is 8. The van der Waals surface area contributed by atoms with E-state index in [9.17, 15) is 47.9 Å². The van der Waals surface area contributed by atoms with E-state index in [2.05, 4.69) is 158 Å². The van der Waals surface area contributed by atoms with Gasteiger partial charge < -0.3 is 60.7 Å². The number of rotatable bonds is 27. The van der Waals surface area contributed by atoms with Gasteiger partial charge in [-0.3, -0.25) is 57.9 Å². The topological polar surface area (TPSA) is 427 Å². The largest absolute Gasteiger partial charge is 0.385 e. The number of nitrogens with one attached hydrogen (secondary N) is 5. The number of allylic oxidation sites excluding steroid dienone is 5. The van der Waals surface area contributed by atoms with E-state index in [0.717, 1.165) is 288 Å². The third-order valence-corrected chi connectivity index (χ3v) is 32.8. The standard InChI is InChI=1S/C25H29N5O3S.C24H25N5O2S.C21H28N4O2S.2C20H21N5O2S/c31-22-16-24(32)34-23(22)15-20-5-8-26-25(28-20)30-9-6-18(7-10-30)17-27-19-1-3-21(4-2-19)29-11-13-33-14-12-29;30-21-13-23(31)32-22(21)12-18-5-8-26-24(28-18)29-9-6-16(7-10-29)14-25-15-19-11-17-3-1-2-4-20(17)27-19;26-18-11-21(27)28-19(18)10-17-5-7-23-20(24-17)9-15-4-2-8-25(13-15)14-16-3-1-6-22-12-16;26-17-11-19(27)28-18(17)10-15-3-7-22-20(24-15)25-8-4-14(5-9-25)12-23-16-2-1-6-21-13-16;26-16-12-19(27)28-17(16)11-15-4-8-22-20(24-15)25-9-5-14(6-10-25)13-23-18-3-1-2-7-21-18/h1-5,8,15,18,27H,6-7,9-14,16-17H2;1-5,8,12,16,25H,6-7,9-11,13-15H2;5,7,10,15-16,22H,1-4,6,8-9,11-14H2;1-3,6-7,10,13-14,23H,4-5,8-9,11-12H2;1-4,7-8,11,14H,5-6,9-10,12-13H2,(H,21,23)/b23-15-;22-12-;19-10-;18-10-;17-11-/t;;15-,16?;;/m..1../s1. The Hall–Kier alpha value is -12.8. The summed E-state index contributed by atoms with van der Waals surface area (Å²) in [7, 11) is 0. The lowest BCUT2D eigenvalue weighted by molar-refractivity contribution is -0.120. The van der Waals surface area contributed by atoms with Crippen LogP contribution in [0.25, 0.3) is 30.4 Å². The van der Waals surface area contributed by atoms with E-state index < -0.39 is 0 Å². The van der Waals surface area contributed by atoms with Crippen molar-refractivity contribution in [3.05, 3.63) is 223 Å². The minimum atomic E-state index is -0.128. The first-order valence-corrected chi connectivity index (χ1v) is 56.0. The number of para-hydroxylation sites is 1. The van der Waals surface area contributed by atoms with Gasteiger partial charge in [-0.15, -0.1) is 0 Å². The monoisotopic (exact) mass is 2120 g/mol. The Bertz CT molecular complexity index is 6350. The summed E-state index contributed by atoms with van der Waals surface area (Å²) in [5.74, 6) is 7.62. The molecule has 40 heteroatoms. The van der Waals surface area contributed by atoms with Crippen LogP contribution in [0.5, 0.6) is 0 Å². The number of carbonyl (C=O) groups excluding carboxylic acids is 10. The van der Waals surface area contributed by atoms with Crippen molar-refractivity contribution >= 4 is 202 Å². The molecule has 1 unspecified atom stereocenters. The molecular weight excluding hydrogens is 1990 g/mol. The number of ketones is 5. The van der Waals surface area contributed by atoms with Gasteiger partial charge in [0, 0.05) is 184 Å². The van der Waals surface area contributed by atoms with E-state index in [-0.39, 0.29) is 86.6 Å². The van der Waals surface area contributed by atoms with E-state index in [0.29, 0.717) is 101 Å². The highest BCUT2D eigenvalue weighted by molar-refractivity contribution is 8.19. The molecule has 20 heterocycles. The van der Waals surface area contributed by atoms with Crippen LogP contribution in [0.1, 0.15) is 149 Å². The third-order valence-electron chi connectivity index (χ3n) is 28.1. The number of hydrogen-bond donors (Lipinski definition) is 5. The maximum Gasteiger partial charge on any atom is 0.225 e. The first-order chi connectivity index (χ1) is 73.3. The first kappa shape index (κ1) is 107. The summed E-state index contributed by atoms with van der Waals surface area (Å²) in [6, 6.07) is 35.7. The number of piperidine rings is 6. The number of benzene rings is 2. The van der Waals surface area contributed by atoms with Crippen LogP contribution >= 0.6 is 58.8 Å². The molecule has 150 heavy (non-hydrogen) atoms. The fourth-order valence-electron chi connectivity index (χ4n) is 19.9. The molecule has 0 bridgehead atoms. The fourth-order valence-corrected chi connectivity index (χ4v) is 24.0. The third kappa shape index (κ3) is 31.7. The van der Waals surface area contributed by atoms with Gasteiger partial charge in [-0.25, -0.2) is 54.8 Å². The Morgan fingerprint density at radius 1 is 0.367 bits per heavy atom. The van der Waals surface area contributed by atoms with Crippen molar-refractivity contribution < 1.29 is 52.7 Å². The maximum atomic E-state index is 11.9. The minimum Gasteiger partial charge on any atom is -0.385 e. The van der Waals surface area contributed by atoms with Crippen molar-refractivity contribution in [1.82, 2.24) is 75.3 Å². The predicted octanol–water partition coefficient (Wildman–Crippen LogP) is 14.3. The molecule has 5 N–H and O–H groups in total. The molecule has 0 spiro atoms. The molecule has 780 valence electrons. The van der Waals surface area contributed by atoms with Gasteiger partial charge in [0.05, 0.1) is 110 Å². The van der Waals surface area contributed by atoms with Gasteiger partial charge in [0.15, 0.2) is 28.9 Å². The number of fused-ring (bicyclic) bond motifs is 1. The lowest BCUT2D eigenvalue weighted by Gasteiger charge is -2.36. The quantitative estimate of drug-likeness (QED) is 0.0236. The molecule has 12 fully saturated rings. The Balaban J connectivity index is 0.000000123. The molecule has 35 nitrogen and oxygen atoms in total. The Kier molecular flexibility index (Phi) is 38.4. The van der Waals surface area contributed by atoms with Crippen LogP contribution in [0.4, 0.5) is 52.4 Å². The van der Waals surface area contributed by atoms with Gasteiger partial charge in [0.1, 0.15) is 11.6 Å². The summed E-state index contributed by atoms with van der Waals surface area (Å²) in [4.78, 5) is 191. The number of ether oxygens (including phenoxy) is 1. The second-order valence-electron chi connectivity index (χ2n) is 39.2. The number of Topliss-reactive ketones (excluding diaryl/α,β-unsaturated/α-hetero) is 5. The average molecular weight is 2120 g/mol. The summed E-state index contributed by atoms with van der Waals surface area (Å²) < 4.78 is 5.43. The number of likely N-dealkylation sites (tertiary alicyclic amines) is 1. The zero-order chi connectivity index (χ0) is 103. The number of nitrogens with zero attached hydrogens (tertiary/aromatic N) is 19. The molecule has 2 atom stereocenters. The number of aromatic nitrogens is 12. The zero-order valence-corrected chi connectivity index (χ0v) is 88.0. The number of pyridine rings is 2. The van der Waals surface area contributed by atoms with E-state index in [1.165, 1.54) is 62.3 Å². The van der Waals surface area contributed by atoms with Crippen LogP contribution in [0.3, 0.4) is 0 Å². The molecule has 0 aliphatic carbocycles. The van der Waals surface area contributed by atoms with E-state index in [1.807, 2.05) is 42.6 Å². The van der Waals surface area contributed by atoms with Crippen LogP contribution < -0.4 is 51.1 Å². The number of morpholine rings is 1. The van der Waals surface area contributed by atoms with Crippen LogP contribution in [0.15, 0.2) is 188 Å². The summed E-state index contributed by atoms with van der Waals surface area (Å²) in [5.41, 5.74) is 10.5. The number of hydrogen-bond acceptors (Lipinski definition) is 40. The lowest BCUT2D eigenvalue weighted by Crippen LogP contribution is -2.43. The van der Waals surface area contributed by atoms with E-state index in [1.54, 1.807) is 104 Å². The van der Waals surface area contributed by atoms with Crippen LogP contribution in [-0.4, -0.2) is 269 Å². The van der Waals surface area contributed by atoms with Crippen molar-refractivity contribution in [1.29, 1.82) is 0 Å². The second-order valence-corrected chi connectivity index (χ2v) is 44.7.